The van der Waals surface area contributed by atoms with Crippen molar-refractivity contribution in [2.75, 3.05) is 0 Å². The molecule has 100 valence electrons. The molecule has 0 amide bonds. The first-order chi connectivity index (χ1) is 8.45. The summed E-state index contributed by atoms with van der Waals surface area (Å²) in [4.78, 5) is 11.4. The van der Waals surface area contributed by atoms with E-state index in [-0.39, 0.29) is 0 Å². The monoisotopic (exact) mass is 250 g/mol. The van der Waals surface area contributed by atoms with Gasteiger partial charge in [-0.05, 0) is 25.3 Å². The van der Waals surface area contributed by atoms with Gasteiger partial charge in [0.1, 0.15) is 5.60 Å². The predicted molar refractivity (Wildman–Crippen MR) is 71.4 cm³/mol. The number of hydrogen-bond donors (Lipinski definition) is 2. The third-order valence-corrected chi connectivity index (χ3v) is 3.54. The molecule has 0 aliphatic rings. The number of hydrogen-bond acceptors (Lipinski definition) is 2. The molecule has 1 aromatic carbocycles. The number of aliphatic hydroxyl groups is 1. The molecule has 3 heteroatoms. The SMILES string of the molecule is CCCC(C(=O)O)C(O)(CC)c1ccc(C)cc1. The van der Waals surface area contributed by atoms with Crippen molar-refractivity contribution in [1.82, 2.24) is 0 Å². The largest absolute Gasteiger partial charge is 0.481 e. The van der Waals surface area contributed by atoms with Crippen molar-refractivity contribution in [2.45, 2.75) is 45.6 Å². The van der Waals surface area contributed by atoms with E-state index >= 15 is 0 Å². The van der Waals surface area contributed by atoms with E-state index in [1.54, 1.807) is 0 Å². The third-order valence-electron chi connectivity index (χ3n) is 3.54. The predicted octanol–water partition coefficient (Wildman–Crippen LogP) is 3.09. The van der Waals surface area contributed by atoms with Gasteiger partial charge < -0.3 is 10.2 Å². The zero-order valence-electron chi connectivity index (χ0n) is 11.3. The van der Waals surface area contributed by atoms with Crippen LogP contribution in [-0.4, -0.2) is 16.2 Å². The molecule has 2 N–H and O–H groups in total. The Balaban J connectivity index is 3.16. The van der Waals surface area contributed by atoms with E-state index in [4.69, 9.17) is 0 Å². The summed E-state index contributed by atoms with van der Waals surface area (Å²) >= 11 is 0. The average molecular weight is 250 g/mol. The zero-order chi connectivity index (χ0) is 13.8. The molecule has 0 spiro atoms. The maximum atomic E-state index is 11.4. The fraction of sp³-hybridized carbons (Fsp3) is 0.533. The quantitative estimate of drug-likeness (QED) is 0.815. The van der Waals surface area contributed by atoms with Gasteiger partial charge in [-0.1, -0.05) is 50.1 Å². The Morgan fingerprint density at radius 1 is 1.28 bits per heavy atom. The van der Waals surface area contributed by atoms with Crippen LogP contribution in [0.2, 0.25) is 0 Å². The van der Waals surface area contributed by atoms with Crippen LogP contribution in [0.15, 0.2) is 24.3 Å². The van der Waals surface area contributed by atoms with E-state index in [9.17, 15) is 15.0 Å². The lowest BCUT2D eigenvalue weighted by Gasteiger charge is -2.33. The molecule has 0 fully saturated rings. The normalized spacial score (nSPS) is 16.0. The molecule has 1 aromatic rings. The summed E-state index contributed by atoms with van der Waals surface area (Å²) in [7, 11) is 0. The highest BCUT2D eigenvalue weighted by Gasteiger charge is 2.40. The highest BCUT2D eigenvalue weighted by atomic mass is 16.4. The minimum Gasteiger partial charge on any atom is -0.481 e. The van der Waals surface area contributed by atoms with Crippen LogP contribution >= 0.6 is 0 Å². The second-order valence-corrected chi connectivity index (χ2v) is 4.82. The van der Waals surface area contributed by atoms with Gasteiger partial charge in [0.2, 0.25) is 0 Å². The summed E-state index contributed by atoms with van der Waals surface area (Å²) in [5.74, 6) is -1.68. The molecule has 0 bridgehead atoms. The topological polar surface area (TPSA) is 57.5 Å². The number of carboxylic acids is 1. The molecule has 18 heavy (non-hydrogen) atoms. The maximum absolute atomic E-state index is 11.4. The van der Waals surface area contributed by atoms with Gasteiger partial charge in [0.05, 0.1) is 5.92 Å². The Bertz CT molecular complexity index is 397. The van der Waals surface area contributed by atoms with E-state index < -0.39 is 17.5 Å². The van der Waals surface area contributed by atoms with Crippen molar-refractivity contribution in [3.63, 3.8) is 0 Å². The summed E-state index contributed by atoms with van der Waals surface area (Å²) in [6.45, 7) is 5.72. The van der Waals surface area contributed by atoms with Crippen LogP contribution in [0.5, 0.6) is 0 Å². The molecule has 2 atom stereocenters. The standard InChI is InChI=1S/C15H22O3/c1-4-6-13(14(16)17)15(18,5-2)12-9-7-11(3)8-10-12/h7-10,13,18H,4-6H2,1-3H3,(H,16,17). The van der Waals surface area contributed by atoms with Crippen LogP contribution in [-0.2, 0) is 10.4 Å². The van der Waals surface area contributed by atoms with E-state index in [1.165, 1.54) is 0 Å². The van der Waals surface area contributed by atoms with Crippen LogP contribution in [0.4, 0.5) is 0 Å². The number of carbonyl (C=O) groups is 1. The summed E-state index contributed by atoms with van der Waals surface area (Å²) in [5, 5.41) is 20.1. The van der Waals surface area contributed by atoms with Crippen LogP contribution in [0.25, 0.3) is 0 Å². The van der Waals surface area contributed by atoms with Gasteiger partial charge in [-0.15, -0.1) is 0 Å². The summed E-state index contributed by atoms with van der Waals surface area (Å²) in [6, 6.07) is 7.45. The second-order valence-electron chi connectivity index (χ2n) is 4.82. The van der Waals surface area contributed by atoms with Gasteiger partial charge in [-0.25, -0.2) is 0 Å². The number of aryl methyl sites for hydroxylation is 1. The maximum Gasteiger partial charge on any atom is 0.309 e. The first kappa shape index (κ1) is 14.7. The lowest BCUT2D eigenvalue weighted by Crippen LogP contribution is -2.39. The molecule has 0 aromatic heterocycles. The first-order valence-electron chi connectivity index (χ1n) is 6.48. The van der Waals surface area contributed by atoms with E-state index in [0.717, 1.165) is 12.0 Å². The molecule has 3 nitrogen and oxygen atoms in total. The second kappa shape index (κ2) is 6.01. The summed E-state index contributed by atoms with van der Waals surface area (Å²) in [6.07, 6.45) is 1.62. The van der Waals surface area contributed by atoms with Gasteiger partial charge in [0.25, 0.3) is 0 Å². The van der Waals surface area contributed by atoms with Crippen molar-refractivity contribution in [3.05, 3.63) is 35.4 Å². The van der Waals surface area contributed by atoms with Gasteiger partial charge in [-0.2, -0.15) is 0 Å². The minimum atomic E-state index is -1.28. The molecule has 0 aliphatic heterocycles. The number of carboxylic acid groups (broad SMARTS) is 1. The summed E-state index contributed by atoms with van der Waals surface area (Å²) < 4.78 is 0. The van der Waals surface area contributed by atoms with Crippen LogP contribution < -0.4 is 0 Å². The van der Waals surface area contributed by atoms with Crippen molar-refractivity contribution >= 4 is 5.97 Å². The van der Waals surface area contributed by atoms with Crippen molar-refractivity contribution in [1.29, 1.82) is 0 Å². The number of aliphatic carboxylic acids is 1. The van der Waals surface area contributed by atoms with E-state index in [2.05, 4.69) is 0 Å². The molecule has 0 radical (unpaired) electrons. The fourth-order valence-electron chi connectivity index (χ4n) is 2.35. The Morgan fingerprint density at radius 3 is 2.22 bits per heavy atom. The molecular weight excluding hydrogens is 228 g/mol. The molecular formula is C15H22O3. The Hall–Kier alpha value is -1.35. The Labute approximate surface area is 108 Å². The molecule has 0 aliphatic carbocycles. The highest BCUT2D eigenvalue weighted by molar-refractivity contribution is 5.72. The zero-order valence-corrected chi connectivity index (χ0v) is 11.3. The van der Waals surface area contributed by atoms with Crippen molar-refractivity contribution in [2.24, 2.45) is 5.92 Å². The molecule has 1 rings (SSSR count). The highest BCUT2D eigenvalue weighted by Crippen LogP contribution is 2.36. The van der Waals surface area contributed by atoms with Crippen LogP contribution in [0.1, 0.15) is 44.2 Å². The lowest BCUT2D eigenvalue weighted by atomic mass is 9.77. The van der Waals surface area contributed by atoms with Crippen LogP contribution in [0.3, 0.4) is 0 Å². The lowest BCUT2D eigenvalue weighted by molar-refractivity contribution is -0.154. The van der Waals surface area contributed by atoms with Gasteiger partial charge >= 0.3 is 5.97 Å². The Morgan fingerprint density at radius 2 is 1.83 bits per heavy atom. The smallest absolute Gasteiger partial charge is 0.309 e. The Kier molecular flexibility index (Phi) is 4.91. The molecule has 0 saturated heterocycles. The number of rotatable bonds is 6. The van der Waals surface area contributed by atoms with Crippen molar-refractivity contribution in [3.8, 4) is 0 Å². The van der Waals surface area contributed by atoms with Crippen LogP contribution in [0, 0.1) is 12.8 Å². The first-order valence-corrected chi connectivity index (χ1v) is 6.48. The molecule has 2 unspecified atom stereocenters. The molecule has 0 saturated carbocycles. The van der Waals surface area contributed by atoms with Gasteiger partial charge in [0, 0.05) is 0 Å². The van der Waals surface area contributed by atoms with Crippen molar-refractivity contribution < 1.29 is 15.0 Å². The summed E-state index contributed by atoms with van der Waals surface area (Å²) in [5.41, 5.74) is 0.506. The molecule has 0 heterocycles. The van der Waals surface area contributed by atoms with Gasteiger partial charge in [-0.3, -0.25) is 4.79 Å². The third kappa shape index (κ3) is 2.91. The fourth-order valence-corrected chi connectivity index (χ4v) is 2.35. The average Bonchev–Trinajstić information content (AvgIpc) is 2.35. The minimum absolute atomic E-state index is 0.396. The van der Waals surface area contributed by atoms with E-state index in [1.807, 2.05) is 45.0 Å². The van der Waals surface area contributed by atoms with Gasteiger partial charge in [0.15, 0.2) is 0 Å². The van der Waals surface area contributed by atoms with E-state index in [0.29, 0.717) is 18.4 Å². The number of benzene rings is 1.